The number of hydrogen-bond acceptors (Lipinski definition) is 0. The Morgan fingerprint density at radius 1 is 0.500 bits per heavy atom. The molecule has 0 saturated heterocycles. The van der Waals surface area contributed by atoms with Crippen molar-refractivity contribution in [1.82, 2.24) is 0 Å². The van der Waals surface area contributed by atoms with Crippen molar-refractivity contribution in [1.29, 1.82) is 0 Å². The topological polar surface area (TPSA) is 0 Å². The molecule has 1 radical (unpaired) electrons. The third kappa shape index (κ3) is 8.82. The zero-order valence-corrected chi connectivity index (χ0v) is 1.97. The van der Waals surface area contributed by atoms with Gasteiger partial charge in [-0.25, -0.2) is 0 Å². The average Bonchev–Trinajstić information content (AvgIpc) is 0. The van der Waals surface area contributed by atoms with E-state index >= 15 is 0 Å². The van der Waals surface area contributed by atoms with Gasteiger partial charge in [-0.05, 0) is 0 Å². The molecular formula is H9Ga3Rh. The summed E-state index contributed by atoms with van der Waals surface area (Å²) in [5.41, 5.74) is 0. The predicted octanol–water partition coefficient (Wildman–Crippen LogP) is -3.55. The van der Waals surface area contributed by atoms with Gasteiger partial charge in [0.1, 0.15) is 0 Å². The predicted molar refractivity (Wildman–Crippen MR) is 29.8 cm³/mol. The Morgan fingerprint density at radius 2 is 0.500 bits per heavy atom. The smallest absolute Gasteiger partial charge is 0 e. The molecule has 4 heteroatoms. The van der Waals surface area contributed by atoms with Gasteiger partial charge in [-0.3, -0.25) is 0 Å². The van der Waals surface area contributed by atoms with Gasteiger partial charge < -0.3 is 0 Å². The Labute approximate surface area is 77.8 Å². The van der Waals surface area contributed by atoms with E-state index in [0.717, 1.165) is 0 Å². The monoisotopic (exact) mass is 319 g/mol. The first-order chi connectivity index (χ1) is 0. The number of rotatable bonds is 0. The SMILES string of the molecule is [GaH3].[GaH3].[GaH3].[Rh]. The van der Waals surface area contributed by atoms with Crippen LogP contribution in [0.3, 0.4) is 0 Å². The van der Waals surface area contributed by atoms with Crippen molar-refractivity contribution in [2.24, 2.45) is 0 Å². The number of hydrogen-bond donors (Lipinski definition) is 0. The van der Waals surface area contributed by atoms with Crippen molar-refractivity contribution in [3.8, 4) is 0 Å². The van der Waals surface area contributed by atoms with Gasteiger partial charge in [0.15, 0.2) is 0 Å². The van der Waals surface area contributed by atoms with Crippen molar-refractivity contribution < 1.29 is 19.5 Å². The van der Waals surface area contributed by atoms with Gasteiger partial charge in [-0.1, -0.05) is 0 Å². The van der Waals surface area contributed by atoms with E-state index < -0.39 is 0 Å². The summed E-state index contributed by atoms with van der Waals surface area (Å²) in [6, 6.07) is 0. The molecule has 0 rings (SSSR count). The Kier molecular flexibility index (Phi) is 138. The average molecular weight is 321 g/mol. The zero-order valence-electron chi connectivity index (χ0n) is 0.333. The molecule has 4 heavy (non-hydrogen) atoms. The van der Waals surface area contributed by atoms with E-state index in [-0.39, 0.29) is 78.8 Å². The Bertz CT molecular complexity index is 3.25. The second kappa shape index (κ2) is 17.7. The first-order valence-corrected chi connectivity index (χ1v) is 0. The molecule has 0 unspecified atom stereocenters. The van der Waals surface area contributed by atoms with Crippen LogP contribution in [0, 0.1) is 0 Å². The fourth-order valence-electron chi connectivity index (χ4n) is 0. The van der Waals surface area contributed by atoms with E-state index in [1.807, 2.05) is 0 Å². The second-order valence-corrected chi connectivity index (χ2v) is 0. The fourth-order valence-corrected chi connectivity index (χ4v) is 0. The summed E-state index contributed by atoms with van der Waals surface area (Å²) in [5.74, 6) is 0. The van der Waals surface area contributed by atoms with Crippen molar-refractivity contribution in [3.63, 3.8) is 0 Å². The summed E-state index contributed by atoms with van der Waals surface area (Å²) in [4.78, 5) is 0. The first kappa shape index (κ1) is 31.2. The molecule has 27 valence electrons. The summed E-state index contributed by atoms with van der Waals surface area (Å²) in [6.45, 7) is 0. The Hall–Kier alpha value is 2.53. The Morgan fingerprint density at radius 3 is 0.500 bits per heavy atom. The van der Waals surface area contributed by atoms with Gasteiger partial charge in [-0.2, -0.15) is 0 Å². The van der Waals surface area contributed by atoms with Crippen LogP contribution in [0.2, 0.25) is 0 Å². The van der Waals surface area contributed by atoms with Crippen LogP contribution in [0.4, 0.5) is 0 Å². The van der Waals surface area contributed by atoms with Crippen LogP contribution in [0.5, 0.6) is 0 Å². The maximum atomic E-state index is 0. The van der Waals surface area contributed by atoms with Gasteiger partial charge in [0.05, 0.1) is 0 Å². The maximum absolute atomic E-state index is 0. The fraction of sp³-hybridized carbons (Fsp3) is 0. The molecule has 0 saturated carbocycles. The van der Waals surface area contributed by atoms with Gasteiger partial charge in [0.25, 0.3) is 0 Å². The van der Waals surface area contributed by atoms with Crippen LogP contribution in [0.15, 0.2) is 0 Å². The molecule has 0 heterocycles. The van der Waals surface area contributed by atoms with Crippen molar-refractivity contribution >= 4 is 59.4 Å². The summed E-state index contributed by atoms with van der Waals surface area (Å²) in [6.07, 6.45) is 0. The van der Waals surface area contributed by atoms with Gasteiger partial charge in [0.2, 0.25) is 0 Å². The van der Waals surface area contributed by atoms with Gasteiger partial charge in [0, 0.05) is 19.5 Å². The normalized spacial score (nSPS) is 0. The van der Waals surface area contributed by atoms with Crippen LogP contribution >= 0.6 is 0 Å². The third-order valence-electron chi connectivity index (χ3n) is 0. The van der Waals surface area contributed by atoms with E-state index in [1.165, 1.54) is 0 Å². The molecule has 0 bridgehead atoms. The second-order valence-electron chi connectivity index (χ2n) is 0. The zero-order chi connectivity index (χ0) is 0. The van der Waals surface area contributed by atoms with E-state index in [4.69, 9.17) is 0 Å². The van der Waals surface area contributed by atoms with E-state index in [2.05, 4.69) is 0 Å². The van der Waals surface area contributed by atoms with Crippen molar-refractivity contribution in [3.05, 3.63) is 0 Å². The molecule has 0 N–H and O–H groups in total. The van der Waals surface area contributed by atoms with Crippen LogP contribution in [-0.2, 0) is 19.5 Å². The quantitative estimate of drug-likeness (QED) is 0.405. The first-order valence-electron chi connectivity index (χ1n) is 0. The summed E-state index contributed by atoms with van der Waals surface area (Å²) in [7, 11) is 0. The molecule has 0 atom stereocenters. The van der Waals surface area contributed by atoms with E-state index in [0.29, 0.717) is 0 Å². The molecule has 0 aromatic heterocycles. The molecule has 0 aliphatic heterocycles. The molecule has 0 fully saturated rings. The standard InChI is InChI=1S/3Ga.Rh.9H. The Balaban J connectivity index is 0. The molecule has 0 spiro atoms. The summed E-state index contributed by atoms with van der Waals surface area (Å²) < 4.78 is 0. The molecular weight excluding hydrogens is 312 g/mol. The molecule has 0 aromatic rings. The van der Waals surface area contributed by atoms with Crippen LogP contribution in [0.1, 0.15) is 0 Å². The van der Waals surface area contributed by atoms with Crippen LogP contribution < -0.4 is 0 Å². The van der Waals surface area contributed by atoms with Crippen LogP contribution in [0.25, 0.3) is 0 Å². The minimum Gasteiger partial charge on any atom is 0 e. The summed E-state index contributed by atoms with van der Waals surface area (Å²) >= 11 is 0. The summed E-state index contributed by atoms with van der Waals surface area (Å²) in [5, 5.41) is 0. The molecule has 0 aliphatic carbocycles. The molecule has 0 aliphatic rings. The van der Waals surface area contributed by atoms with Gasteiger partial charge >= 0.3 is 59.4 Å². The maximum Gasteiger partial charge on any atom is 0 e. The van der Waals surface area contributed by atoms with Crippen molar-refractivity contribution in [2.45, 2.75) is 0 Å². The van der Waals surface area contributed by atoms with E-state index in [1.54, 1.807) is 0 Å². The molecule has 0 nitrogen and oxygen atoms in total. The van der Waals surface area contributed by atoms with E-state index in [9.17, 15) is 0 Å². The minimum absolute atomic E-state index is 0. The minimum atomic E-state index is 0. The van der Waals surface area contributed by atoms with Crippen molar-refractivity contribution in [2.75, 3.05) is 0 Å². The largest absolute Gasteiger partial charge is 0 e. The molecule has 0 aromatic carbocycles. The van der Waals surface area contributed by atoms with Crippen LogP contribution in [-0.4, -0.2) is 59.4 Å². The molecule has 0 amide bonds. The van der Waals surface area contributed by atoms with Gasteiger partial charge in [-0.15, -0.1) is 0 Å². The third-order valence-corrected chi connectivity index (χ3v) is 0.